The number of likely N-dealkylation sites (tertiary alicyclic amines) is 1. The summed E-state index contributed by atoms with van der Waals surface area (Å²) in [6.45, 7) is 1.45. The van der Waals surface area contributed by atoms with Crippen LogP contribution in [0.2, 0.25) is 0 Å². The first-order valence-electron chi connectivity index (χ1n) is 9.15. The van der Waals surface area contributed by atoms with Gasteiger partial charge in [-0.2, -0.15) is 13.2 Å². The molecule has 2 aliphatic carbocycles. The van der Waals surface area contributed by atoms with E-state index >= 15 is 0 Å². The first-order valence-corrected chi connectivity index (χ1v) is 9.15. The molecule has 1 N–H and O–H groups in total. The van der Waals surface area contributed by atoms with Crippen molar-refractivity contribution in [1.29, 1.82) is 0 Å². The molecule has 3 rings (SSSR count). The van der Waals surface area contributed by atoms with E-state index in [4.69, 9.17) is 0 Å². The number of carbonyl (C=O) groups is 1. The fourth-order valence-electron chi connectivity index (χ4n) is 4.58. The van der Waals surface area contributed by atoms with Gasteiger partial charge in [-0.05, 0) is 56.8 Å². The van der Waals surface area contributed by atoms with Gasteiger partial charge < -0.3 is 10.2 Å². The number of allylic oxidation sites excluding steroid dienone is 2. The lowest BCUT2D eigenvalue weighted by Crippen LogP contribution is -2.53. The lowest BCUT2D eigenvalue weighted by Gasteiger charge is -2.44. The van der Waals surface area contributed by atoms with Gasteiger partial charge >= 0.3 is 12.2 Å². The smallest absolute Gasteiger partial charge is 0.335 e. The van der Waals surface area contributed by atoms with Gasteiger partial charge in [0.05, 0.1) is 5.92 Å². The molecular formula is C18H27F3N2O. The SMILES string of the molecule is O=C(NC1CCCC(C(F)(F)F)C1)N1CCCC2(CC=CCC2)C1. The van der Waals surface area contributed by atoms with Crippen LogP contribution in [0.5, 0.6) is 0 Å². The summed E-state index contributed by atoms with van der Waals surface area (Å²) in [5, 5.41) is 2.88. The Balaban J connectivity index is 1.55. The van der Waals surface area contributed by atoms with Crippen molar-refractivity contribution in [2.24, 2.45) is 11.3 Å². The average Bonchev–Trinajstić information content (AvgIpc) is 2.55. The first kappa shape index (κ1) is 17.6. The summed E-state index contributed by atoms with van der Waals surface area (Å²) in [7, 11) is 0. The Morgan fingerprint density at radius 1 is 1.17 bits per heavy atom. The Bertz CT molecular complexity index is 491. The molecule has 3 aliphatic rings. The van der Waals surface area contributed by atoms with Gasteiger partial charge in [-0.25, -0.2) is 4.79 Å². The molecule has 0 radical (unpaired) electrons. The van der Waals surface area contributed by atoms with E-state index in [0.717, 1.165) is 38.6 Å². The molecule has 0 aromatic rings. The number of carbonyl (C=O) groups excluding carboxylic acids is 1. The summed E-state index contributed by atoms with van der Waals surface area (Å²) in [6.07, 6.45) is 6.96. The number of rotatable bonds is 1. The van der Waals surface area contributed by atoms with Crippen LogP contribution >= 0.6 is 0 Å². The molecule has 2 fully saturated rings. The maximum Gasteiger partial charge on any atom is 0.391 e. The van der Waals surface area contributed by atoms with Crippen molar-refractivity contribution in [3.63, 3.8) is 0 Å². The van der Waals surface area contributed by atoms with Gasteiger partial charge in [-0.1, -0.05) is 18.6 Å². The predicted octanol–water partition coefficient (Wildman–Crippen LogP) is 4.64. The Morgan fingerprint density at radius 2 is 2.00 bits per heavy atom. The van der Waals surface area contributed by atoms with E-state index in [1.165, 1.54) is 0 Å². The lowest BCUT2D eigenvalue weighted by molar-refractivity contribution is -0.183. The van der Waals surface area contributed by atoms with Crippen LogP contribution in [0.1, 0.15) is 57.8 Å². The molecule has 0 bridgehead atoms. The topological polar surface area (TPSA) is 32.3 Å². The van der Waals surface area contributed by atoms with Gasteiger partial charge in [-0.15, -0.1) is 0 Å². The number of alkyl halides is 3. The molecular weight excluding hydrogens is 317 g/mol. The number of nitrogens with zero attached hydrogens (tertiary/aromatic N) is 1. The first-order chi connectivity index (χ1) is 11.4. The van der Waals surface area contributed by atoms with Crippen molar-refractivity contribution in [3.8, 4) is 0 Å². The third-order valence-corrected chi connectivity index (χ3v) is 5.97. The summed E-state index contributed by atoms with van der Waals surface area (Å²) >= 11 is 0. The number of hydrogen-bond donors (Lipinski definition) is 1. The Hall–Kier alpha value is -1.20. The lowest BCUT2D eigenvalue weighted by atomic mass is 9.71. The van der Waals surface area contributed by atoms with Crippen molar-refractivity contribution in [2.45, 2.75) is 70.0 Å². The zero-order valence-corrected chi connectivity index (χ0v) is 14.1. The van der Waals surface area contributed by atoms with Crippen LogP contribution in [0.15, 0.2) is 12.2 Å². The van der Waals surface area contributed by atoms with Crippen molar-refractivity contribution < 1.29 is 18.0 Å². The van der Waals surface area contributed by atoms with E-state index in [-0.39, 0.29) is 30.3 Å². The number of halogens is 3. The molecule has 3 nitrogen and oxygen atoms in total. The molecule has 24 heavy (non-hydrogen) atoms. The highest BCUT2D eigenvalue weighted by Gasteiger charge is 2.43. The van der Waals surface area contributed by atoms with Crippen molar-refractivity contribution in [1.82, 2.24) is 10.2 Å². The van der Waals surface area contributed by atoms with E-state index in [1.807, 2.05) is 4.90 Å². The number of hydrogen-bond acceptors (Lipinski definition) is 1. The maximum atomic E-state index is 12.9. The molecule has 0 aromatic heterocycles. The molecule has 6 heteroatoms. The third kappa shape index (κ3) is 4.06. The second kappa shape index (κ2) is 6.96. The summed E-state index contributed by atoms with van der Waals surface area (Å²) in [5.74, 6) is -1.27. The average molecular weight is 344 g/mol. The molecule has 1 spiro atoms. The normalized spacial score (nSPS) is 34.4. The molecule has 1 saturated carbocycles. The zero-order valence-electron chi connectivity index (χ0n) is 14.1. The molecule has 3 atom stereocenters. The molecule has 1 heterocycles. The summed E-state index contributed by atoms with van der Waals surface area (Å²) < 4.78 is 38.7. The van der Waals surface area contributed by atoms with Gasteiger partial charge in [0.2, 0.25) is 0 Å². The minimum atomic E-state index is -4.15. The van der Waals surface area contributed by atoms with Crippen LogP contribution < -0.4 is 5.32 Å². The minimum Gasteiger partial charge on any atom is -0.335 e. The number of amides is 2. The second-order valence-corrected chi connectivity index (χ2v) is 7.79. The van der Waals surface area contributed by atoms with E-state index < -0.39 is 12.1 Å². The van der Waals surface area contributed by atoms with Gasteiger partial charge in [0, 0.05) is 19.1 Å². The molecule has 136 valence electrons. The zero-order chi connectivity index (χ0) is 17.2. The third-order valence-electron chi connectivity index (χ3n) is 5.97. The minimum absolute atomic E-state index is 0.0248. The molecule has 1 saturated heterocycles. The maximum absolute atomic E-state index is 12.9. The molecule has 0 aromatic carbocycles. The van der Waals surface area contributed by atoms with Gasteiger partial charge in [-0.3, -0.25) is 0 Å². The molecule has 3 unspecified atom stereocenters. The highest BCUT2D eigenvalue weighted by atomic mass is 19.4. The Labute approximate surface area is 141 Å². The van der Waals surface area contributed by atoms with Crippen LogP contribution in [-0.4, -0.2) is 36.2 Å². The fourth-order valence-corrected chi connectivity index (χ4v) is 4.58. The van der Waals surface area contributed by atoms with Crippen molar-refractivity contribution in [3.05, 3.63) is 12.2 Å². The van der Waals surface area contributed by atoms with Crippen molar-refractivity contribution in [2.75, 3.05) is 13.1 Å². The quantitative estimate of drug-likeness (QED) is 0.691. The summed E-state index contributed by atoms with van der Waals surface area (Å²) in [6, 6.07) is -0.515. The largest absolute Gasteiger partial charge is 0.391 e. The standard InChI is InChI=1S/C18H27F3N2O/c19-18(20,21)14-6-4-7-15(12-14)22-16(24)23-11-5-10-17(13-23)8-2-1-3-9-17/h1-2,14-15H,3-13H2,(H,22,24). The van der Waals surface area contributed by atoms with E-state index in [2.05, 4.69) is 17.5 Å². The fraction of sp³-hybridized carbons (Fsp3) is 0.833. The van der Waals surface area contributed by atoms with Crippen LogP contribution in [0.4, 0.5) is 18.0 Å². The van der Waals surface area contributed by atoms with Gasteiger partial charge in [0.25, 0.3) is 0 Å². The van der Waals surface area contributed by atoms with E-state index in [0.29, 0.717) is 19.4 Å². The van der Waals surface area contributed by atoms with Crippen molar-refractivity contribution >= 4 is 6.03 Å². The van der Waals surface area contributed by atoms with Crippen LogP contribution in [0, 0.1) is 11.3 Å². The monoisotopic (exact) mass is 344 g/mol. The number of piperidine rings is 1. The predicted molar refractivity (Wildman–Crippen MR) is 86.6 cm³/mol. The highest BCUT2D eigenvalue weighted by molar-refractivity contribution is 5.74. The van der Waals surface area contributed by atoms with Crippen LogP contribution in [0.3, 0.4) is 0 Å². The molecule has 2 amide bonds. The van der Waals surface area contributed by atoms with Gasteiger partial charge in [0.1, 0.15) is 0 Å². The second-order valence-electron chi connectivity index (χ2n) is 7.79. The summed E-state index contributed by atoms with van der Waals surface area (Å²) in [4.78, 5) is 14.4. The van der Waals surface area contributed by atoms with Crippen LogP contribution in [0.25, 0.3) is 0 Å². The summed E-state index contributed by atoms with van der Waals surface area (Å²) in [5.41, 5.74) is 0.186. The van der Waals surface area contributed by atoms with Crippen LogP contribution in [-0.2, 0) is 0 Å². The Kier molecular flexibility index (Phi) is 5.11. The Morgan fingerprint density at radius 3 is 2.71 bits per heavy atom. The number of urea groups is 1. The number of nitrogens with one attached hydrogen (secondary N) is 1. The highest BCUT2D eigenvalue weighted by Crippen LogP contribution is 2.41. The van der Waals surface area contributed by atoms with E-state index in [9.17, 15) is 18.0 Å². The van der Waals surface area contributed by atoms with Gasteiger partial charge in [0.15, 0.2) is 0 Å². The van der Waals surface area contributed by atoms with E-state index in [1.54, 1.807) is 0 Å². The molecule has 1 aliphatic heterocycles.